The van der Waals surface area contributed by atoms with E-state index >= 15 is 0 Å². The van der Waals surface area contributed by atoms with Crippen molar-refractivity contribution in [3.8, 4) is 11.4 Å². The lowest BCUT2D eigenvalue weighted by Crippen LogP contribution is -2.45. The molecule has 0 bridgehead atoms. The Morgan fingerprint density at radius 3 is 2.19 bits per heavy atom. The summed E-state index contributed by atoms with van der Waals surface area (Å²) in [6.45, 7) is 0. The molecule has 3 heterocycles. The molecule has 248 valence electrons. The fourth-order valence-corrected chi connectivity index (χ4v) is 8.47. The van der Waals surface area contributed by atoms with Crippen LogP contribution < -0.4 is 15.4 Å². The summed E-state index contributed by atoms with van der Waals surface area (Å²) in [5, 5.41) is 12.5. The van der Waals surface area contributed by atoms with Gasteiger partial charge in [0, 0.05) is 27.8 Å². The normalized spacial score (nSPS) is 19.0. The number of para-hydroxylation sites is 1. The van der Waals surface area contributed by atoms with E-state index in [-0.39, 0.29) is 18.2 Å². The molecule has 5 heteroatoms. The molecule has 0 saturated carbocycles. The van der Waals surface area contributed by atoms with E-state index in [2.05, 4.69) is 179 Å². The molecule has 1 aromatic heterocycles. The molecule has 3 unspecified atom stereocenters. The summed E-state index contributed by atoms with van der Waals surface area (Å²) in [5.74, 6) is 2.88. The van der Waals surface area contributed by atoms with Crippen molar-refractivity contribution in [3.05, 3.63) is 197 Å². The Morgan fingerprint density at radius 2 is 1.35 bits per heavy atom. The molecule has 1 aliphatic carbocycles. The van der Waals surface area contributed by atoms with Gasteiger partial charge in [-0.3, -0.25) is 5.32 Å². The highest BCUT2D eigenvalue weighted by Gasteiger charge is 2.37. The molecule has 0 amide bonds. The van der Waals surface area contributed by atoms with Crippen molar-refractivity contribution < 1.29 is 4.74 Å². The van der Waals surface area contributed by atoms with Crippen LogP contribution in [0.2, 0.25) is 0 Å². The van der Waals surface area contributed by atoms with E-state index in [1.54, 1.807) is 0 Å². The van der Waals surface area contributed by atoms with Crippen LogP contribution in [0.1, 0.15) is 51.6 Å². The van der Waals surface area contributed by atoms with Gasteiger partial charge in [0.05, 0.1) is 16.7 Å². The highest BCUT2D eigenvalue weighted by molar-refractivity contribution is 6.14. The molecule has 7 aromatic carbocycles. The minimum absolute atomic E-state index is 0.106. The number of fused-ring (bicyclic) bond motifs is 8. The second-order valence-corrected chi connectivity index (χ2v) is 14.0. The maximum Gasteiger partial charge on any atom is 0.154 e. The van der Waals surface area contributed by atoms with Crippen molar-refractivity contribution in [2.45, 2.75) is 24.7 Å². The molecule has 8 aromatic rings. The van der Waals surface area contributed by atoms with Crippen molar-refractivity contribution in [2.75, 3.05) is 0 Å². The number of ether oxygens (including phenoxy) is 1. The predicted octanol–water partition coefficient (Wildman–Crippen LogP) is 10.3. The number of rotatable bonds is 4. The first kappa shape index (κ1) is 29.3. The quantitative estimate of drug-likeness (QED) is 0.196. The zero-order valence-electron chi connectivity index (χ0n) is 28.3. The van der Waals surface area contributed by atoms with E-state index in [9.17, 15) is 0 Å². The Morgan fingerprint density at radius 1 is 0.635 bits per heavy atom. The number of hydrogen-bond acceptors (Lipinski definition) is 4. The molecular formula is C47H34N4O. The minimum atomic E-state index is -0.229. The number of aromatic nitrogens is 1. The van der Waals surface area contributed by atoms with Crippen molar-refractivity contribution in [1.82, 2.24) is 15.2 Å². The van der Waals surface area contributed by atoms with E-state index in [0.29, 0.717) is 0 Å². The highest BCUT2D eigenvalue weighted by atomic mass is 16.5. The summed E-state index contributed by atoms with van der Waals surface area (Å²) in [6.07, 6.45) is 2.76. The van der Waals surface area contributed by atoms with Gasteiger partial charge in [0.1, 0.15) is 23.9 Å². The summed E-state index contributed by atoms with van der Waals surface area (Å²) in [6, 6.07) is 56.4. The van der Waals surface area contributed by atoms with Crippen LogP contribution in [-0.2, 0) is 6.42 Å². The number of nitrogens with zero attached hydrogens (tertiary/aromatic N) is 2. The van der Waals surface area contributed by atoms with Gasteiger partial charge < -0.3 is 14.6 Å². The molecule has 0 saturated heterocycles. The zero-order valence-corrected chi connectivity index (χ0v) is 28.3. The van der Waals surface area contributed by atoms with Gasteiger partial charge in [-0.1, -0.05) is 127 Å². The van der Waals surface area contributed by atoms with E-state index in [1.807, 2.05) is 0 Å². The molecular weight excluding hydrogens is 637 g/mol. The molecule has 3 atom stereocenters. The van der Waals surface area contributed by atoms with Crippen LogP contribution in [0.25, 0.3) is 44.3 Å². The zero-order chi connectivity index (χ0) is 34.2. The fraction of sp³-hybridized carbons (Fsp3) is 0.0851. The standard InChI is InChI=1S/C47H34N4O/c1-3-13-29(14-4-1)45-48-46(30-15-5-2-6-16-30)50-47(49-45)35-25-39-38-24-32-18-8-10-20-34(32)28-43(38)52-44(39)42(27-35)51-40-22-12-11-21-36(40)37-23-31-17-7-9-19-33(31)26-41(37)51/h1-23,25-28,38,45-46,48H,24H2,(H,49,50). The van der Waals surface area contributed by atoms with Gasteiger partial charge in [-0.2, -0.15) is 0 Å². The van der Waals surface area contributed by atoms with Crippen molar-refractivity contribution in [3.63, 3.8) is 0 Å². The van der Waals surface area contributed by atoms with Crippen molar-refractivity contribution >= 4 is 44.5 Å². The molecule has 5 nitrogen and oxygen atoms in total. The van der Waals surface area contributed by atoms with Crippen LogP contribution >= 0.6 is 0 Å². The number of benzene rings is 7. The van der Waals surface area contributed by atoms with E-state index in [0.717, 1.165) is 57.2 Å². The maximum absolute atomic E-state index is 7.00. The number of aliphatic imine (C=N–C) groups is 1. The van der Waals surface area contributed by atoms with E-state index in [4.69, 9.17) is 9.73 Å². The van der Waals surface area contributed by atoms with Gasteiger partial charge in [-0.25, -0.2) is 4.99 Å². The second-order valence-electron chi connectivity index (χ2n) is 14.0. The van der Waals surface area contributed by atoms with Crippen molar-refractivity contribution in [2.24, 2.45) is 4.99 Å². The number of allylic oxidation sites excluding steroid dienone is 1. The first-order chi connectivity index (χ1) is 25.7. The van der Waals surface area contributed by atoms with Gasteiger partial charge in [-0.15, -0.1) is 0 Å². The lowest BCUT2D eigenvalue weighted by molar-refractivity contribution is 0.409. The predicted molar refractivity (Wildman–Crippen MR) is 211 cm³/mol. The molecule has 3 aliphatic rings. The highest BCUT2D eigenvalue weighted by Crippen LogP contribution is 2.51. The topological polar surface area (TPSA) is 50.6 Å². The molecule has 0 radical (unpaired) electrons. The summed E-state index contributed by atoms with van der Waals surface area (Å²) in [5.41, 5.74) is 10.4. The van der Waals surface area contributed by atoms with Crippen LogP contribution in [0.15, 0.2) is 168 Å². The summed E-state index contributed by atoms with van der Waals surface area (Å²) < 4.78 is 9.41. The van der Waals surface area contributed by atoms with Gasteiger partial charge in [-0.05, 0) is 75.9 Å². The van der Waals surface area contributed by atoms with Gasteiger partial charge >= 0.3 is 0 Å². The summed E-state index contributed by atoms with van der Waals surface area (Å²) in [7, 11) is 0. The third-order valence-electron chi connectivity index (χ3n) is 11.0. The minimum Gasteiger partial charge on any atom is -0.459 e. The maximum atomic E-state index is 7.00. The number of amidine groups is 1. The fourth-order valence-electron chi connectivity index (χ4n) is 8.47. The van der Waals surface area contributed by atoms with Crippen LogP contribution in [0.3, 0.4) is 0 Å². The van der Waals surface area contributed by atoms with Crippen molar-refractivity contribution in [1.29, 1.82) is 0 Å². The second kappa shape index (κ2) is 11.6. The molecule has 0 spiro atoms. The first-order valence-electron chi connectivity index (χ1n) is 18.0. The number of nitrogens with one attached hydrogen (secondary N) is 2. The largest absolute Gasteiger partial charge is 0.459 e. The molecule has 11 rings (SSSR count). The van der Waals surface area contributed by atoms with Crippen LogP contribution in [0.4, 0.5) is 0 Å². The average molecular weight is 671 g/mol. The van der Waals surface area contributed by atoms with Crippen LogP contribution in [0, 0.1) is 0 Å². The smallest absolute Gasteiger partial charge is 0.154 e. The van der Waals surface area contributed by atoms with Gasteiger partial charge in [0.15, 0.2) is 5.75 Å². The Labute approximate surface area is 301 Å². The van der Waals surface area contributed by atoms with Gasteiger partial charge in [0.2, 0.25) is 0 Å². The Bertz CT molecular complexity index is 2760. The number of hydrogen-bond donors (Lipinski definition) is 2. The van der Waals surface area contributed by atoms with Crippen LogP contribution in [-0.4, -0.2) is 10.4 Å². The van der Waals surface area contributed by atoms with Crippen LogP contribution in [0.5, 0.6) is 5.75 Å². The lowest BCUT2D eigenvalue weighted by Gasteiger charge is -2.32. The monoisotopic (exact) mass is 670 g/mol. The summed E-state index contributed by atoms with van der Waals surface area (Å²) in [4.78, 5) is 5.38. The molecule has 0 fully saturated rings. The lowest BCUT2D eigenvalue weighted by atomic mass is 9.84. The average Bonchev–Trinajstić information content (AvgIpc) is 3.73. The molecule has 2 aliphatic heterocycles. The Balaban J connectivity index is 1.17. The Hall–Kier alpha value is -6.43. The Kier molecular flexibility index (Phi) is 6.51. The summed E-state index contributed by atoms with van der Waals surface area (Å²) >= 11 is 0. The molecule has 2 N–H and O–H groups in total. The third-order valence-corrected chi connectivity index (χ3v) is 11.0. The first-order valence-corrected chi connectivity index (χ1v) is 18.0. The SMILES string of the molecule is C1=C2Oc3c(cc(C4=NC(c5ccccc5)NC(c5ccccc5)N4)cc3-n3c4ccccc4c4cc5ccccc5cc43)C2Cc2ccccc21. The molecule has 52 heavy (non-hydrogen) atoms. The van der Waals surface area contributed by atoms with Gasteiger partial charge in [0.25, 0.3) is 0 Å². The van der Waals surface area contributed by atoms with E-state index in [1.165, 1.54) is 38.2 Å². The van der Waals surface area contributed by atoms with E-state index < -0.39 is 0 Å². The third kappa shape index (κ3) is 4.63.